The summed E-state index contributed by atoms with van der Waals surface area (Å²) in [6, 6.07) is 2.23. The molecule has 3 rings (SSSR count). The molecular formula is C15H17ClN2. The monoisotopic (exact) mass is 260 g/mol. The quantitative estimate of drug-likeness (QED) is 0.712. The van der Waals surface area contributed by atoms with E-state index in [9.17, 15) is 5.26 Å². The first-order valence-corrected chi connectivity index (χ1v) is 7.30. The molecule has 1 saturated carbocycles. The van der Waals surface area contributed by atoms with Crippen LogP contribution in [0.5, 0.6) is 0 Å². The van der Waals surface area contributed by atoms with Gasteiger partial charge in [-0.2, -0.15) is 5.26 Å². The number of fused-ring (bicyclic) bond motifs is 1. The van der Waals surface area contributed by atoms with Crippen LogP contribution in [0.1, 0.15) is 66.8 Å². The molecule has 0 radical (unpaired) electrons. The van der Waals surface area contributed by atoms with Crippen molar-refractivity contribution in [3.8, 4) is 6.07 Å². The number of halogens is 1. The van der Waals surface area contributed by atoms with Crippen molar-refractivity contribution in [3.05, 3.63) is 27.5 Å². The highest BCUT2D eigenvalue weighted by Gasteiger charge is 2.27. The van der Waals surface area contributed by atoms with Crippen LogP contribution >= 0.6 is 11.6 Å². The first-order chi connectivity index (χ1) is 8.81. The molecule has 0 N–H and O–H groups in total. The van der Waals surface area contributed by atoms with E-state index in [-0.39, 0.29) is 0 Å². The second-order valence-electron chi connectivity index (χ2n) is 5.42. The van der Waals surface area contributed by atoms with Crippen molar-refractivity contribution in [2.45, 2.75) is 57.3 Å². The molecule has 0 amide bonds. The van der Waals surface area contributed by atoms with Gasteiger partial charge in [0.2, 0.25) is 0 Å². The average Bonchev–Trinajstić information content (AvgIpc) is 2.88. The van der Waals surface area contributed by atoms with Gasteiger partial charge in [0.25, 0.3) is 0 Å². The maximum atomic E-state index is 9.21. The van der Waals surface area contributed by atoms with E-state index in [0.29, 0.717) is 16.6 Å². The number of hydrogen-bond acceptors (Lipinski definition) is 2. The highest BCUT2D eigenvalue weighted by molar-refractivity contribution is 6.30. The number of rotatable bonds is 1. The standard InChI is InChI=1S/C15H17ClN2/c16-15-13(9-17)11-7-4-8-12(11)14(18-15)10-5-2-1-3-6-10/h10H,1-8H2. The Balaban J connectivity index is 2.08. The lowest BCUT2D eigenvalue weighted by Gasteiger charge is -2.23. The zero-order valence-electron chi connectivity index (χ0n) is 10.5. The molecule has 0 bridgehead atoms. The molecule has 2 aliphatic rings. The summed E-state index contributed by atoms with van der Waals surface area (Å²) in [7, 11) is 0. The second-order valence-corrected chi connectivity index (χ2v) is 5.78. The van der Waals surface area contributed by atoms with E-state index in [1.54, 1.807) is 0 Å². The topological polar surface area (TPSA) is 36.7 Å². The third kappa shape index (κ3) is 1.91. The maximum absolute atomic E-state index is 9.21. The molecule has 18 heavy (non-hydrogen) atoms. The Morgan fingerprint density at radius 1 is 1.06 bits per heavy atom. The van der Waals surface area contributed by atoms with Gasteiger partial charge in [-0.3, -0.25) is 0 Å². The predicted octanol–water partition coefficient (Wildman–Crippen LogP) is 4.14. The Morgan fingerprint density at radius 3 is 2.50 bits per heavy atom. The highest BCUT2D eigenvalue weighted by atomic mass is 35.5. The lowest BCUT2D eigenvalue weighted by Crippen LogP contribution is -2.11. The maximum Gasteiger partial charge on any atom is 0.147 e. The van der Waals surface area contributed by atoms with Gasteiger partial charge in [0.15, 0.2) is 0 Å². The zero-order valence-corrected chi connectivity index (χ0v) is 11.3. The highest BCUT2D eigenvalue weighted by Crippen LogP contribution is 2.39. The van der Waals surface area contributed by atoms with Crippen molar-refractivity contribution in [3.63, 3.8) is 0 Å². The number of pyridine rings is 1. The van der Waals surface area contributed by atoms with Gasteiger partial charge < -0.3 is 0 Å². The number of nitrogens with zero attached hydrogens (tertiary/aromatic N) is 2. The Hall–Kier alpha value is -1.07. The van der Waals surface area contributed by atoms with Crippen LogP contribution in [0.15, 0.2) is 0 Å². The van der Waals surface area contributed by atoms with Crippen LogP contribution in [0.2, 0.25) is 5.15 Å². The Bertz CT molecular complexity index is 510. The fraction of sp³-hybridized carbons (Fsp3) is 0.600. The summed E-state index contributed by atoms with van der Waals surface area (Å²) in [4.78, 5) is 4.58. The van der Waals surface area contributed by atoms with Gasteiger partial charge in [-0.15, -0.1) is 0 Å². The Labute approximate surface area is 113 Å². The van der Waals surface area contributed by atoms with Gasteiger partial charge in [-0.1, -0.05) is 30.9 Å². The summed E-state index contributed by atoms with van der Waals surface area (Å²) in [5.41, 5.74) is 4.39. The molecule has 0 aromatic carbocycles. The van der Waals surface area contributed by atoms with Crippen LogP contribution in [0.4, 0.5) is 0 Å². The SMILES string of the molecule is N#Cc1c(Cl)nc(C2CCCCC2)c2c1CCC2. The van der Waals surface area contributed by atoms with Gasteiger partial charge in [-0.25, -0.2) is 4.98 Å². The smallest absolute Gasteiger partial charge is 0.147 e. The van der Waals surface area contributed by atoms with E-state index in [2.05, 4.69) is 11.1 Å². The largest absolute Gasteiger partial charge is 0.239 e. The molecule has 2 aliphatic carbocycles. The van der Waals surface area contributed by atoms with Crippen molar-refractivity contribution >= 4 is 11.6 Å². The number of nitriles is 1. The van der Waals surface area contributed by atoms with Crippen molar-refractivity contribution in [1.29, 1.82) is 5.26 Å². The third-order valence-corrected chi connectivity index (χ3v) is 4.63. The van der Waals surface area contributed by atoms with E-state index in [1.807, 2.05) is 0 Å². The van der Waals surface area contributed by atoms with E-state index in [1.165, 1.54) is 48.9 Å². The summed E-state index contributed by atoms with van der Waals surface area (Å²) in [5.74, 6) is 0.579. The van der Waals surface area contributed by atoms with Gasteiger partial charge >= 0.3 is 0 Å². The molecule has 94 valence electrons. The molecule has 1 aromatic rings. The van der Waals surface area contributed by atoms with Crippen LogP contribution in [0, 0.1) is 11.3 Å². The van der Waals surface area contributed by atoms with Crippen LogP contribution in [0.3, 0.4) is 0 Å². The summed E-state index contributed by atoms with van der Waals surface area (Å²) in [6.07, 6.45) is 9.66. The molecular weight excluding hydrogens is 244 g/mol. The molecule has 2 nitrogen and oxygen atoms in total. The molecule has 0 saturated heterocycles. The summed E-state index contributed by atoms with van der Waals surface area (Å²) in [5, 5.41) is 9.64. The molecule has 0 aliphatic heterocycles. The lowest BCUT2D eigenvalue weighted by molar-refractivity contribution is 0.434. The van der Waals surface area contributed by atoms with Gasteiger partial charge in [0.1, 0.15) is 11.2 Å². The first-order valence-electron chi connectivity index (χ1n) is 6.92. The van der Waals surface area contributed by atoms with Crippen LogP contribution in [0.25, 0.3) is 0 Å². The van der Waals surface area contributed by atoms with E-state index < -0.39 is 0 Å². The molecule has 0 unspecified atom stereocenters. The van der Waals surface area contributed by atoms with Crippen LogP contribution in [-0.4, -0.2) is 4.98 Å². The Morgan fingerprint density at radius 2 is 1.78 bits per heavy atom. The fourth-order valence-electron chi connectivity index (χ4n) is 3.48. The van der Waals surface area contributed by atoms with Gasteiger partial charge in [0, 0.05) is 11.6 Å². The Kier molecular flexibility index (Phi) is 3.26. The normalized spacial score (nSPS) is 19.6. The molecule has 0 atom stereocenters. The molecule has 1 heterocycles. The third-order valence-electron chi connectivity index (χ3n) is 4.36. The summed E-state index contributed by atoms with van der Waals surface area (Å²) in [6.45, 7) is 0. The van der Waals surface area contributed by atoms with Crippen LogP contribution in [-0.2, 0) is 12.8 Å². The second kappa shape index (κ2) is 4.90. The number of hydrogen-bond donors (Lipinski definition) is 0. The molecule has 1 fully saturated rings. The first kappa shape index (κ1) is 12.0. The van der Waals surface area contributed by atoms with E-state index in [4.69, 9.17) is 11.6 Å². The summed E-state index contributed by atoms with van der Waals surface area (Å²) < 4.78 is 0. The predicted molar refractivity (Wildman–Crippen MR) is 71.8 cm³/mol. The van der Waals surface area contributed by atoms with E-state index >= 15 is 0 Å². The van der Waals surface area contributed by atoms with Crippen LogP contribution < -0.4 is 0 Å². The van der Waals surface area contributed by atoms with Crippen molar-refractivity contribution in [2.24, 2.45) is 0 Å². The van der Waals surface area contributed by atoms with Crippen molar-refractivity contribution in [2.75, 3.05) is 0 Å². The fourth-order valence-corrected chi connectivity index (χ4v) is 3.73. The van der Waals surface area contributed by atoms with Crippen molar-refractivity contribution in [1.82, 2.24) is 4.98 Å². The van der Waals surface area contributed by atoms with E-state index in [0.717, 1.165) is 19.3 Å². The molecule has 1 aromatic heterocycles. The van der Waals surface area contributed by atoms with Gasteiger partial charge in [0.05, 0.1) is 5.56 Å². The average molecular weight is 261 g/mol. The van der Waals surface area contributed by atoms with Gasteiger partial charge in [-0.05, 0) is 43.2 Å². The molecule has 0 spiro atoms. The van der Waals surface area contributed by atoms with Crippen molar-refractivity contribution < 1.29 is 0 Å². The lowest BCUT2D eigenvalue weighted by atomic mass is 9.84. The minimum atomic E-state index is 0.429. The zero-order chi connectivity index (χ0) is 12.5. The summed E-state index contributed by atoms with van der Waals surface area (Å²) >= 11 is 6.20. The minimum absolute atomic E-state index is 0.429. The number of aromatic nitrogens is 1. The molecule has 3 heteroatoms. The minimum Gasteiger partial charge on any atom is -0.239 e.